The average molecular weight is 460 g/mol. The summed E-state index contributed by atoms with van der Waals surface area (Å²) < 4.78 is 25.7. The highest BCUT2D eigenvalue weighted by atomic mass is 19.1. The van der Waals surface area contributed by atoms with Gasteiger partial charge in [-0.25, -0.2) is 9.37 Å². The molecule has 10 heteroatoms. The van der Waals surface area contributed by atoms with Crippen LogP contribution in [0.2, 0.25) is 0 Å². The molecular weight excluding hydrogens is 439 g/mol. The highest BCUT2D eigenvalue weighted by Crippen LogP contribution is 2.43. The topological polar surface area (TPSA) is 104 Å². The summed E-state index contributed by atoms with van der Waals surface area (Å²) >= 11 is 0. The number of halogens is 1. The van der Waals surface area contributed by atoms with Crippen LogP contribution in [0.15, 0.2) is 48.7 Å². The Labute approximate surface area is 194 Å². The molecule has 0 saturated heterocycles. The number of carbonyl (C=O) groups is 1. The van der Waals surface area contributed by atoms with Gasteiger partial charge in [0, 0.05) is 35.1 Å². The van der Waals surface area contributed by atoms with Gasteiger partial charge in [0.2, 0.25) is 5.91 Å². The molecule has 1 aliphatic heterocycles. The van der Waals surface area contributed by atoms with Crippen molar-refractivity contribution in [2.75, 3.05) is 19.5 Å². The van der Waals surface area contributed by atoms with Gasteiger partial charge in [-0.3, -0.25) is 4.79 Å². The number of amides is 1. The molecule has 2 aromatic heterocycles. The molecule has 0 spiro atoms. The Morgan fingerprint density at radius 3 is 2.65 bits per heavy atom. The van der Waals surface area contributed by atoms with Gasteiger partial charge in [-0.05, 0) is 37.3 Å². The predicted octanol–water partition coefficient (Wildman–Crippen LogP) is 3.66. The Hall–Kier alpha value is -4.34. The Kier molecular flexibility index (Phi) is 5.40. The van der Waals surface area contributed by atoms with Crippen LogP contribution in [0.1, 0.15) is 29.2 Å². The van der Waals surface area contributed by atoms with Crippen LogP contribution in [0.3, 0.4) is 0 Å². The fourth-order valence-electron chi connectivity index (χ4n) is 4.21. The number of carbonyl (C=O) groups excluding carboxylic acids is 1. The maximum absolute atomic E-state index is 13.3. The molecule has 5 rings (SSSR count). The number of aryl methyl sites for hydroxylation is 1. The number of fused-ring (bicyclic) bond motifs is 1. The molecule has 9 nitrogen and oxygen atoms in total. The molecule has 2 aromatic carbocycles. The van der Waals surface area contributed by atoms with Crippen molar-refractivity contribution in [2.24, 2.45) is 0 Å². The van der Waals surface area contributed by atoms with E-state index in [1.807, 2.05) is 19.1 Å². The first kappa shape index (κ1) is 21.5. The second kappa shape index (κ2) is 8.54. The lowest BCUT2D eigenvalue weighted by atomic mass is 9.85. The van der Waals surface area contributed by atoms with Crippen molar-refractivity contribution >= 4 is 11.7 Å². The molecule has 0 radical (unpaired) electrons. The second-order valence-electron chi connectivity index (χ2n) is 7.82. The summed E-state index contributed by atoms with van der Waals surface area (Å²) in [6.45, 7) is 1.87. The van der Waals surface area contributed by atoms with Gasteiger partial charge in [0.05, 0.1) is 31.8 Å². The normalized spacial score (nSPS) is 14.9. The summed E-state index contributed by atoms with van der Waals surface area (Å²) in [5.41, 5.74) is 3.59. The van der Waals surface area contributed by atoms with Crippen LogP contribution in [0.5, 0.6) is 11.5 Å². The third-order valence-electron chi connectivity index (χ3n) is 5.80. The molecule has 1 amide bonds. The zero-order valence-corrected chi connectivity index (χ0v) is 18.7. The summed E-state index contributed by atoms with van der Waals surface area (Å²) in [6, 6.07) is 11.5. The van der Waals surface area contributed by atoms with Crippen LogP contribution in [0.25, 0.3) is 17.2 Å². The summed E-state index contributed by atoms with van der Waals surface area (Å²) in [5, 5.41) is 15.7. The number of nitrogens with one attached hydrogen (secondary N) is 1. The number of benzene rings is 2. The van der Waals surface area contributed by atoms with E-state index in [4.69, 9.17) is 9.47 Å². The van der Waals surface area contributed by atoms with E-state index in [0.29, 0.717) is 34.3 Å². The third-order valence-corrected chi connectivity index (χ3v) is 5.80. The highest BCUT2D eigenvalue weighted by Gasteiger charge is 2.35. The van der Waals surface area contributed by atoms with Crippen LogP contribution in [-0.2, 0) is 4.79 Å². The maximum Gasteiger partial charge on any atom is 0.272 e. The van der Waals surface area contributed by atoms with Gasteiger partial charge in [-0.15, -0.1) is 5.10 Å². The summed E-state index contributed by atoms with van der Waals surface area (Å²) in [7, 11) is 3.17. The van der Waals surface area contributed by atoms with Gasteiger partial charge in [0.1, 0.15) is 23.1 Å². The molecular formula is C24H21FN6O3. The van der Waals surface area contributed by atoms with Crippen molar-refractivity contribution in [1.29, 1.82) is 0 Å². The minimum atomic E-state index is -0.342. The Morgan fingerprint density at radius 1 is 1.12 bits per heavy atom. The monoisotopic (exact) mass is 460 g/mol. The molecule has 4 aromatic rings. The minimum Gasteiger partial charge on any atom is -0.497 e. The fraction of sp³-hybridized carbons (Fsp3) is 0.208. The average Bonchev–Trinajstić information content (AvgIpc) is 3.19. The van der Waals surface area contributed by atoms with E-state index in [-0.39, 0.29) is 30.0 Å². The standard InChI is InChI=1S/C24H21FN6O3/c1-13-22-18(17-9-8-16(33-2)10-20(17)34-3)11-21(32)28-23(22)31(30-13)24-27-19(12-26-29-24)14-4-6-15(25)7-5-14/h4-10,12,18H,11H2,1-3H3,(H,28,32)/t18-/m0/s1. The van der Waals surface area contributed by atoms with Crippen molar-refractivity contribution < 1.29 is 18.7 Å². The zero-order chi connectivity index (χ0) is 23.8. The van der Waals surface area contributed by atoms with Gasteiger partial charge >= 0.3 is 0 Å². The van der Waals surface area contributed by atoms with E-state index >= 15 is 0 Å². The molecule has 0 unspecified atom stereocenters. The Morgan fingerprint density at radius 2 is 1.91 bits per heavy atom. The van der Waals surface area contributed by atoms with Crippen LogP contribution < -0.4 is 14.8 Å². The van der Waals surface area contributed by atoms with E-state index in [2.05, 4.69) is 25.6 Å². The number of aromatic nitrogens is 5. The van der Waals surface area contributed by atoms with Crippen molar-refractivity contribution in [3.05, 3.63) is 71.3 Å². The largest absolute Gasteiger partial charge is 0.497 e. The SMILES string of the molecule is COc1ccc([C@@H]2CC(=O)Nc3c2c(C)nn3-c2nncc(-c3ccc(F)cc3)n2)c(OC)c1. The zero-order valence-electron chi connectivity index (χ0n) is 18.7. The molecule has 0 saturated carbocycles. The van der Waals surface area contributed by atoms with Crippen molar-refractivity contribution in [3.63, 3.8) is 0 Å². The van der Waals surface area contributed by atoms with E-state index in [0.717, 1.165) is 11.1 Å². The molecule has 1 N–H and O–H groups in total. The summed E-state index contributed by atoms with van der Waals surface area (Å²) in [5.74, 6) is 1.15. The van der Waals surface area contributed by atoms with Crippen molar-refractivity contribution in [3.8, 4) is 28.7 Å². The third kappa shape index (κ3) is 3.72. The predicted molar refractivity (Wildman–Crippen MR) is 122 cm³/mol. The molecule has 1 aliphatic rings. The molecule has 1 atom stereocenters. The second-order valence-corrected chi connectivity index (χ2v) is 7.82. The van der Waals surface area contributed by atoms with Crippen molar-refractivity contribution in [2.45, 2.75) is 19.3 Å². The summed E-state index contributed by atoms with van der Waals surface area (Å²) in [4.78, 5) is 17.3. The first-order valence-corrected chi connectivity index (χ1v) is 10.6. The lowest BCUT2D eigenvalue weighted by molar-refractivity contribution is -0.116. The molecule has 0 aliphatic carbocycles. The molecule has 0 fully saturated rings. The minimum absolute atomic E-state index is 0.167. The molecule has 172 valence electrons. The Balaban J connectivity index is 1.61. The number of nitrogens with zero attached hydrogens (tertiary/aromatic N) is 5. The lowest BCUT2D eigenvalue weighted by Gasteiger charge is -2.25. The first-order chi connectivity index (χ1) is 16.5. The van der Waals surface area contributed by atoms with Gasteiger partial charge in [-0.1, -0.05) is 6.07 Å². The van der Waals surface area contributed by atoms with Crippen molar-refractivity contribution in [1.82, 2.24) is 25.0 Å². The number of anilines is 1. The lowest BCUT2D eigenvalue weighted by Crippen LogP contribution is -2.25. The van der Waals surface area contributed by atoms with E-state index in [1.165, 1.54) is 23.0 Å². The first-order valence-electron chi connectivity index (χ1n) is 10.6. The van der Waals surface area contributed by atoms with Gasteiger partial charge in [0.15, 0.2) is 0 Å². The molecule has 0 bridgehead atoms. The van der Waals surface area contributed by atoms with E-state index in [9.17, 15) is 9.18 Å². The molecule has 3 heterocycles. The van der Waals surface area contributed by atoms with Gasteiger partial charge in [-0.2, -0.15) is 14.9 Å². The Bertz CT molecular complexity index is 1390. The van der Waals surface area contributed by atoms with Crippen LogP contribution in [0.4, 0.5) is 10.2 Å². The highest BCUT2D eigenvalue weighted by molar-refractivity contribution is 5.95. The van der Waals surface area contributed by atoms with E-state index < -0.39 is 0 Å². The number of hydrogen-bond donors (Lipinski definition) is 1. The van der Waals surface area contributed by atoms with Crippen LogP contribution in [0, 0.1) is 12.7 Å². The van der Waals surface area contributed by atoms with Gasteiger partial charge in [0.25, 0.3) is 5.95 Å². The van der Waals surface area contributed by atoms with E-state index in [1.54, 1.807) is 32.4 Å². The maximum atomic E-state index is 13.3. The smallest absolute Gasteiger partial charge is 0.272 e. The number of ether oxygens (including phenoxy) is 2. The van der Waals surface area contributed by atoms with Crippen LogP contribution >= 0.6 is 0 Å². The molecule has 34 heavy (non-hydrogen) atoms. The summed E-state index contributed by atoms with van der Waals surface area (Å²) in [6.07, 6.45) is 1.72. The number of hydrogen-bond acceptors (Lipinski definition) is 7. The quantitative estimate of drug-likeness (QED) is 0.485. The fourth-order valence-corrected chi connectivity index (χ4v) is 4.21. The number of rotatable bonds is 5. The number of methoxy groups -OCH3 is 2. The van der Waals surface area contributed by atoms with Gasteiger partial charge < -0.3 is 14.8 Å². The van der Waals surface area contributed by atoms with Crippen LogP contribution in [-0.4, -0.2) is 45.1 Å².